The Morgan fingerprint density at radius 3 is 2.18 bits per heavy atom. The molecule has 0 radical (unpaired) electrons. The molecule has 0 bridgehead atoms. The van der Waals surface area contributed by atoms with Crippen LogP contribution in [0.5, 0.6) is 11.5 Å². The summed E-state index contributed by atoms with van der Waals surface area (Å²) >= 11 is 3.55. The van der Waals surface area contributed by atoms with Crippen molar-refractivity contribution in [3.8, 4) is 11.5 Å². The van der Waals surface area contributed by atoms with Crippen molar-refractivity contribution in [2.24, 2.45) is 0 Å². The molecule has 118 valence electrons. The van der Waals surface area contributed by atoms with E-state index in [9.17, 15) is 5.11 Å². The molecule has 5 heteroatoms. The van der Waals surface area contributed by atoms with Crippen LogP contribution in [0, 0.1) is 0 Å². The van der Waals surface area contributed by atoms with Gasteiger partial charge in [-0.1, -0.05) is 40.2 Å². The zero-order chi connectivity index (χ0) is 15.9. The molecule has 0 unspecified atom stereocenters. The van der Waals surface area contributed by atoms with Crippen molar-refractivity contribution < 1.29 is 14.6 Å². The van der Waals surface area contributed by atoms with Crippen molar-refractivity contribution in [1.29, 1.82) is 0 Å². The van der Waals surface area contributed by atoms with Crippen LogP contribution < -0.4 is 14.8 Å². The van der Waals surface area contributed by atoms with E-state index in [0.717, 1.165) is 21.2 Å². The number of nitrogens with one attached hydrogen (secondary N) is 1. The van der Waals surface area contributed by atoms with Gasteiger partial charge in [-0.2, -0.15) is 0 Å². The van der Waals surface area contributed by atoms with E-state index in [0.29, 0.717) is 24.6 Å². The third-order valence-corrected chi connectivity index (χ3v) is 4.21. The van der Waals surface area contributed by atoms with E-state index in [1.54, 1.807) is 14.2 Å². The van der Waals surface area contributed by atoms with Crippen molar-refractivity contribution in [1.82, 2.24) is 5.32 Å². The fourth-order valence-electron chi connectivity index (χ4n) is 2.25. The van der Waals surface area contributed by atoms with Crippen molar-refractivity contribution in [2.45, 2.75) is 19.7 Å². The van der Waals surface area contributed by atoms with Gasteiger partial charge in [0.1, 0.15) is 0 Å². The maximum Gasteiger partial charge on any atom is 0.161 e. The van der Waals surface area contributed by atoms with E-state index in [4.69, 9.17) is 9.47 Å². The van der Waals surface area contributed by atoms with Crippen LogP contribution in [0.1, 0.15) is 16.7 Å². The third-order valence-electron chi connectivity index (χ3n) is 3.47. The summed E-state index contributed by atoms with van der Waals surface area (Å²) in [5.74, 6) is 1.40. The first-order chi connectivity index (χ1) is 10.7. The van der Waals surface area contributed by atoms with Gasteiger partial charge in [-0.3, -0.25) is 0 Å². The highest BCUT2D eigenvalue weighted by molar-refractivity contribution is 9.10. The molecule has 2 N–H and O–H groups in total. The monoisotopic (exact) mass is 365 g/mol. The van der Waals surface area contributed by atoms with Crippen LogP contribution in [0.2, 0.25) is 0 Å². The fraction of sp³-hybridized carbons (Fsp3) is 0.294. The summed E-state index contributed by atoms with van der Waals surface area (Å²) in [6, 6.07) is 11.7. The van der Waals surface area contributed by atoms with Gasteiger partial charge in [0.05, 0.1) is 20.8 Å². The van der Waals surface area contributed by atoms with E-state index in [-0.39, 0.29) is 6.61 Å². The minimum atomic E-state index is 0.0535. The molecule has 4 nitrogen and oxygen atoms in total. The predicted octanol–water partition coefficient (Wildman–Crippen LogP) is 3.25. The lowest BCUT2D eigenvalue weighted by molar-refractivity contribution is 0.280. The second-order valence-electron chi connectivity index (χ2n) is 4.83. The predicted molar refractivity (Wildman–Crippen MR) is 90.2 cm³/mol. The first kappa shape index (κ1) is 16.8. The van der Waals surface area contributed by atoms with Gasteiger partial charge in [-0.25, -0.2) is 0 Å². The maximum atomic E-state index is 9.34. The number of benzene rings is 2. The topological polar surface area (TPSA) is 50.7 Å². The van der Waals surface area contributed by atoms with Gasteiger partial charge in [0.2, 0.25) is 0 Å². The first-order valence-electron chi connectivity index (χ1n) is 6.98. The maximum absolute atomic E-state index is 9.34. The second kappa shape index (κ2) is 8.17. The molecule has 2 aromatic rings. The van der Waals surface area contributed by atoms with Crippen LogP contribution in [0.3, 0.4) is 0 Å². The molecule has 0 aliphatic carbocycles. The summed E-state index contributed by atoms with van der Waals surface area (Å²) in [5, 5.41) is 12.7. The quantitative estimate of drug-likeness (QED) is 0.790. The van der Waals surface area contributed by atoms with Crippen LogP contribution in [0.15, 0.2) is 40.9 Å². The summed E-state index contributed by atoms with van der Waals surface area (Å²) in [7, 11) is 3.24. The highest BCUT2D eigenvalue weighted by Gasteiger charge is 2.09. The average molecular weight is 366 g/mol. The molecule has 0 saturated heterocycles. The van der Waals surface area contributed by atoms with Crippen molar-refractivity contribution >= 4 is 15.9 Å². The molecule has 0 saturated carbocycles. The van der Waals surface area contributed by atoms with Crippen LogP contribution in [-0.2, 0) is 19.7 Å². The van der Waals surface area contributed by atoms with Gasteiger partial charge >= 0.3 is 0 Å². The van der Waals surface area contributed by atoms with Crippen LogP contribution in [-0.4, -0.2) is 19.3 Å². The smallest absolute Gasteiger partial charge is 0.161 e. The van der Waals surface area contributed by atoms with Crippen LogP contribution >= 0.6 is 15.9 Å². The first-order valence-corrected chi connectivity index (χ1v) is 7.77. The number of ether oxygens (including phenoxy) is 2. The Morgan fingerprint density at radius 1 is 0.955 bits per heavy atom. The van der Waals surface area contributed by atoms with E-state index in [2.05, 4.69) is 21.2 Å². The largest absolute Gasteiger partial charge is 0.493 e. The number of halogens is 1. The minimum Gasteiger partial charge on any atom is -0.493 e. The number of hydrogen-bond acceptors (Lipinski definition) is 4. The summed E-state index contributed by atoms with van der Waals surface area (Å²) in [6.07, 6.45) is 0. The molecule has 0 spiro atoms. The van der Waals surface area contributed by atoms with Crippen LogP contribution in [0.25, 0.3) is 0 Å². The molecule has 0 aliphatic heterocycles. The molecule has 0 heterocycles. The zero-order valence-corrected chi connectivity index (χ0v) is 14.3. The zero-order valence-electron chi connectivity index (χ0n) is 12.7. The Labute approximate surface area is 139 Å². The Kier molecular flexibility index (Phi) is 6.24. The van der Waals surface area contributed by atoms with E-state index in [1.165, 1.54) is 0 Å². The highest BCUT2D eigenvalue weighted by Crippen LogP contribution is 2.33. The van der Waals surface area contributed by atoms with Crippen molar-refractivity contribution in [3.05, 3.63) is 57.6 Å². The molecule has 0 aromatic heterocycles. The summed E-state index contributed by atoms with van der Waals surface area (Å²) in [5.41, 5.74) is 3.13. The van der Waals surface area contributed by atoms with Crippen LogP contribution in [0.4, 0.5) is 0 Å². The normalized spacial score (nSPS) is 10.5. The molecular weight excluding hydrogens is 346 g/mol. The molecular formula is C17H20BrNO3. The highest BCUT2D eigenvalue weighted by atomic mass is 79.9. The van der Waals surface area contributed by atoms with Crippen molar-refractivity contribution in [3.63, 3.8) is 0 Å². The SMILES string of the molecule is COc1cc(Br)c(CNCc2ccccc2CO)cc1OC. The number of hydrogen-bond donors (Lipinski definition) is 2. The number of rotatable bonds is 7. The van der Waals surface area contributed by atoms with E-state index in [1.807, 2.05) is 36.4 Å². The van der Waals surface area contributed by atoms with E-state index >= 15 is 0 Å². The molecule has 0 amide bonds. The molecule has 2 aromatic carbocycles. The number of methoxy groups -OCH3 is 2. The molecule has 0 aliphatic rings. The standard InChI is InChI=1S/C17H20BrNO3/c1-21-16-7-14(15(18)8-17(16)22-2)10-19-9-12-5-3-4-6-13(12)11-20/h3-8,19-20H,9-11H2,1-2H3. The summed E-state index contributed by atoms with van der Waals surface area (Å²) in [6.45, 7) is 1.43. The summed E-state index contributed by atoms with van der Waals surface area (Å²) < 4.78 is 11.6. The van der Waals surface area contributed by atoms with Gasteiger partial charge in [0.15, 0.2) is 11.5 Å². The van der Waals surface area contributed by atoms with E-state index < -0.39 is 0 Å². The number of aliphatic hydroxyl groups excluding tert-OH is 1. The van der Waals surface area contributed by atoms with Gasteiger partial charge in [-0.15, -0.1) is 0 Å². The van der Waals surface area contributed by atoms with Gasteiger partial charge in [0, 0.05) is 17.6 Å². The van der Waals surface area contributed by atoms with Crippen molar-refractivity contribution in [2.75, 3.05) is 14.2 Å². The third kappa shape index (κ3) is 4.00. The van der Waals surface area contributed by atoms with Gasteiger partial charge in [-0.05, 0) is 28.8 Å². The molecule has 22 heavy (non-hydrogen) atoms. The lowest BCUT2D eigenvalue weighted by Gasteiger charge is -2.13. The second-order valence-corrected chi connectivity index (χ2v) is 5.68. The fourth-order valence-corrected chi connectivity index (χ4v) is 2.71. The Bertz CT molecular complexity index is 631. The van der Waals surface area contributed by atoms with Gasteiger partial charge < -0.3 is 19.9 Å². The molecule has 2 rings (SSSR count). The lowest BCUT2D eigenvalue weighted by Crippen LogP contribution is -2.14. The molecule has 0 atom stereocenters. The Hall–Kier alpha value is -1.56. The average Bonchev–Trinajstić information content (AvgIpc) is 2.56. The number of aliphatic hydroxyl groups is 1. The molecule has 0 fully saturated rings. The summed E-state index contributed by atoms with van der Waals surface area (Å²) in [4.78, 5) is 0. The Balaban J connectivity index is 2.05. The minimum absolute atomic E-state index is 0.0535. The van der Waals surface area contributed by atoms with Gasteiger partial charge in [0.25, 0.3) is 0 Å². The lowest BCUT2D eigenvalue weighted by atomic mass is 10.1. The Morgan fingerprint density at radius 2 is 1.55 bits per heavy atom.